The van der Waals surface area contributed by atoms with Crippen LogP contribution in [0.15, 0.2) is 18.2 Å². The molecule has 0 unspecified atom stereocenters. The van der Waals surface area contributed by atoms with Gasteiger partial charge in [-0.2, -0.15) is 0 Å². The highest BCUT2D eigenvalue weighted by Gasteiger charge is 2.56. The van der Waals surface area contributed by atoms with Gasteiger partial charge in [-0.05, 0) is 30.5 Å². The number of aromatic carboxylic acids is 1. The molecule has 1 amide bonds. The molecule has 1 aromatic rings. The van der Waals surface area contributed by atoms with Gasteiger partial charge in [-0.15, -0.1) is 0 Å². The smallest absolute Gasteiger partial charge is 0.335 e. The van der Waals surface area contributed by atoms with E-state index in [1.807, 2.05) is 0 Å². The fraction of sp³-hybridized carbons (Fsp3) is 0.273. The number of carboxylic acids is 1. The van der Waals surface area contributed by atoms with Crippen LogP contribution >= 0.6 is 0 Å². The second-order valence-corrected chi connectivity index (χ2v) is 4.10. The summed E-state index contributed by atoms with van der Waals surface area (Å²) in [5, 5.41) is 11.6. The van der Waals surface area contributed by atoms with Gasteiger partial charge in [0.05, 0.1) is 11.0 Å². The van der Waals surface area contributed by atoms with Gasteiger partial charge in [-0.3, -0.25) is 4.79 Å². The Kier molecular flexibility index (Phi) is 1.35. The van der Waals surface area contributed by atoms with Crippen molar-refractivity contribution in [3.05, 3.63) is 29.3 Å². The van der Waals surface area contributed by atoms with E-state index >= 15 is 0 Å². The molecule has 1 aliphatic heterocycles. The molecule has 1 saturated carbocycles. The van der Waals surface area contributed by atoms with Crippen LogP contribution < -0.4 is 5.32 Å². The van der Waals surface area contributed by atoms with Crippen LogP contribution in [-0.4, -0.2) is 17.0 Å². The number of hydrogen-bond donors (Lipinski definition) is 2. The SMILES string of the molecule is O=C(O)c1ccc2c(c1)NC(=O)C21CC1. The Morgan fingerprint density at radius 1 is 1.40 bits per heavy atom. The van der Waals surface area contributed by atoms with E-state index < -0.39 is 5.97 Å². The summed E-state index contributed by atoms with van der Waals surface area (Å²) in [6.45, 7) is 0. The first-order valence-corrected chi connectivity index (χ1v) is 4.83. The molecular weight excluding hydrogens is 194 g/mol. The number of fused-ring (bicyclic) bond motifs is 2. The summed E-state index contributed by atoms with van der Waals surface area (Å²) in [5.74, 6) is -0.955. The van der Waals surface area contributed by atoms with Crippen molar-refractivity contribution in [3.8, 4) is 0 Å². The maximum atomic E-state index is 11.6. The minimum absolute atomic E-state index is 0.0139. The molecular formula is C11H9NO3. The molecule has 0 aromatic heterocycles. The highest BCUT2D eigenvalue weighted by molar-refractivity contribution is 6.09. The lowest BCUT2D eigenvalue weighted by molar-refractivity contribution is -0.117. The third kappa shape index (κ3) is 0.960. The minimum atomic E-state index is -0.969. The zero-order valence-electron chi connectivity index (χ0n) is 7.91. The van der Waals surface area contributed by atoms with Crippen molar-refractivity contribution in [1.82, 2.24) is 0 Å². The van der Waals surface area contributed by atoms with Crippen molar-refractivity contribution in [2.45, 2.75) is 18.3 Å². The molecule has 1 heterocycles. The topological polar surface area (TPSA) is 66.4 Å². The number of carboxylic acid groups (broad SMARTS) is 1. The van der Waals surface area contributed by atoms with E-state index in [0.717, 1.165) is 18.4 Å². The molecule has 3 rings (SSSR count). The lowest BCUT2D eigenvalue weighted by Gasteiger charge is -2.03. The van der Waals surface area contributed by atoms with Crippen LogP contribution in [-0.2, 0) is 10.2 Å². The van der Waals surface area contributed by atoms with Crippen LogP contribution in [0, 0.1) is 0 Å². The molecule has 4 heteroatoms. The highest BCUT2D eigenvalue weighted by atomic mass is 16.4. The first-order chi connectivity index (χ1) is 7.13. The number of amides is 1. The molecule has 0 radical (unpaired) electrons. The molecule has 2 aliphatic rings. The first kappa shape index (κ1) is 8.47. The number of carbonyl (C=O) groups is 2. The van der Waals surface area contributed by atoms with E-state index in [1.54, 1.807) is 12.1 Å². The fourth-order valence-electron chi connectivity index (χ4n) is 2.18. The number of benzene rings is 1. The predicted octanol–water partition coefficient (Wildman–Crippen LogP) is 1.37. The maximum absolute atomic E-state index is 11.6. The minimum Gasteiger partial charge on any atom is -0.478 e. The summed E-state index contributed by atoms with van der Waals surface area (Å²) >= 11 is 0. The molecule has 0 saturated heterocycles. The van der Waals surface area contributed by atoms with E-state index in [0.29, 0.717) is 5.69 Å². The van der Waals surface area contributed by atoms with Crippen molar-refractivity contribution >= 4 is 17.6 Å². The average molecular weight is 203 g/mol. The van der Waals surface area contributed by atoms with Crippen LogP contribution in [0.5, 0.6) is 0 Å². The van der Waals surface area contributed by atoms with Crippen molar-refractivity contribution in [2.75, 3.05) is 5.32 Å². The fourth-order valence-corrected chi connectivity index (χ4v) is 2.18. The van der Waals surface area contributed by atoms with Crippen LogP contribution in [0.3, 0.4) is 0 Å². The van der Waals surface area contributed by atoms with Crippen LogP contribution in [0.25, 0.3) is 0 Å². The van der Waals surface area contributed by atoms with Gasteiger partial charge in [-0.25, -0.2) is 4.79 Å². The van der Waals surface area contributed by atoms with Gasteiger partial charge in [-0.1, -0.05) is 6.07 Å². The third-order valence-electron chi connectivity index (χ3n) is 3.21. The molecule has 0 atom stereocenters. The lowest BCUT2D eigenvalue weighted by atomic mass is 9.97. The summed E-state index contributed by atoms with van der Waals surface area (Å²) in [6, 6.07) is 4.84. The van der Waals surface area contributed by atoms with Crippen molar-refractivity contribution in [3.63, 3.8) is 0 Å². The zero-order chi connectivity index (χ0) is 10.6. The highest BCUT2D eigenvalue weighted by Crippen LogP contribution is 2.55. The number of hydrogen-bond acceptors (Lipinski definition) is 2. The Bertz CT molecular complexity index is 489. The summed E-state index contributed by atoms with van der Waals surface area (Å²) in [7, 11) is 0. The number of anilines is 1. The van der Waals surface area contributed by atoms with Gasteiger partial charge in [0.25, 0.3) is 0 Å². The van der Waals surface area contributed by atoms with Gasteiger partial charge in [0.1, 0.15) is 0 Å². The monoisotopic (exact) mass is 203 g/mol. The first-order valence-electron chi connectivity index (χ1n) is 4.83. The number of nitrogens with one attached hydrogen (secondary N) is 1. The summed E-state index contributed by atoms with van der Waals surface area (Å²) in [6.07, 6.45) is 1.75. The Hall–Kier alpha value is -1.84. The summed E-state index contributed by atoms with van der Waals surface area (Å²) < 4.78 is 0. The molecule has 15 heavy (non-hydrogen) atoms. The summed E-state index contributed by atoms with van der Waals surface area (Å²) in [4.78, 5) is 22.4. The van der Waals surface area contributed by atoms with Gasteiger partial charge in [0, 0.05) is 5.69 Å². The molecule has 1 aliphatic carbocycles. The van der Waals surface area contributed by atoms with Crippen LogP contribution in [0.1, 0.15) is 28.8 Å². The Balaban J connectivity index is 2.14. The second kappa shape index (κ2) is 2.39. The molecule has 0 bridgehead atoms. The van der Waals surface area contributed by atoms with Gasteiger partial charge in [0.15, 0.2) is 0 Å². The second-order valence-electron chi connectivity index (χ2n) is 4.10. The molecule has 1 aromatic carbocycles. The zero-order valence-corrected chi connectivity index (χ0v) is 7.91. The van der Waals surface area contributed by atoms with E-state index in [9.17, 15) is 9.59 Å². The number of carbonyl (C=O) groups excluding carboxylic acids is 1. The van der Waals surface area contributed by atoms with E-state index in [1.165, 1.54) is 6.07 Å². The maximum Gasteiger partial charge on any atom is 0.335 e. The Morgan fingerprint density at radius 2 is 2.13 bits per heavy atom. The number of rotatable bonds is 1. The molecule has 1 spiro atoms. The van der Waals surface area contributed by atoms with Gasteiger partial charge in [0.2, 0.25) is 5.91 Å². The molecule has 1 fully saturated rings. The van der Waals surface area contributed by atoms with Crippen LogP contribution in [0.4, 0.5) is 5.69 Å². The third-order valence-corrected chi connectivity index (χ3v) is 3.21. The Morgan fingerprint density at radius 3 is 2.73 bits per heavy atom. The van der Waals surface area contributed by atoms with E-state index in [2.05, 4.69) is 5.32 Å². The van der Waals surface area contributed by atoms with E-state index in [-0.39, 0.29) is 16.9 Å². The average Bonchev–Trinajstić information content (AvgIpc) is 2.93. The standard InChI is InChI=1S/C11H9NO3/c13-9(14)6-1-2-7-8(5-6)12-10(15)11(7)3-4-11/h1-2,5H,3-4H2,(H,12,15)(H,13,14). The largest absolute Gasteiger partial charge is 0.478 e. The lowest BCUT2D eigenvalue weighted by Crippen LogP contribution is -2.18. The van der Waals surface area contributed by atoms with Crippen molar-refractivity contribution in [2.24, 2.45) is 0 Å². The predicted molar refractivity (Wildman–Crippen MR) is 52.9 cm³/mol. The quantitative estimate of drug-likeness (QED) is 0.724. The Labute approximate surface area is 85.9 Å². The van der Waals surface area contributed by atoms with Crippen LogP contribution in [0.2, 0.25) is 0 Å². The van der Waals surface area contributed by atoms with Crippen molar-refractivity contribution < 1.29 is 14.7 Å². The van der Waals surface area contributed by atoms with E-state index in [4.69, 9.17) is 5.11 Å². The van der Waals surface area contributed by atoms with Gasteiger partial charge < -0.3 is 10.4 Å². The molecule has 4 nitrogen and oxygen atoms in total. The van der Waals surface area contributed by atoms with Crippen molar-refractivity contribution in [1.29, 1.82) is 0 Å². The normalized spacial score (nSPS) is 19.9. The molecule has 2 N–H and O–H groups in total. The molecule has 76 valence electrons. The summed E-state index contributed by atoms with van der Waals surface area (Å²) in [5.41, 5.74) is 1.51. The van der Waals surface area contributed by atoms with Gasteiger partial charge >= 0.3 is 5.97 Å².